The zero-order chi connectivity index (χ0) is 18.8. The molecule has 4 rings (SSSR count). The van der Waals surface area contributed by atoms with E-state index in [2.05, 4.69) is 0 Å². The van der Waals surface area contributed by atoms with E-state index in [-0.39, 0.29) is 0 Å². The van der Waals surface area contributed by atoms with Crippen LogP contribution in [-0.4, -0.2) is 34.2 Å². The number of ketones is 1. The van der Waals surface area contributed by atoms with Gasteiger partial charge in [-0.3, -0.25) is 9.59 Å². The van der Waals surface area contributed by atoms with Crippen LogP contribution in [0.4, 0.5) is 0 Å². The van der Waals surface area contributed by atoms with Crippen molar-refractivity contribution in [2.75, 3.05) is 13.1 Å². The fraction of sp³-hybridized carbons (Fsp3) is 0.273. The van der Waals surface area contributed by atoms with E-state index < -0.39 is 11.7 Å². The van der Waals surface area contributed by atoms with E-state index in [9.17, 15) is 9.59 Å². The summed E-state index contributed by atoms with van der Waals surface area (Å²) in [6.07, 6.45) is 4.84. The Balaban J connectivity index is 1.70. The Morgan fingerprint density at radius 2 is 1.63 bits per heavy atom. The minimum absolute atomic E-state index is 0.393. The Labute approximate surface area is 163 Å². The molecule has 1 amide bonds. The highest BCUT2D eigenvalue weighted by Gasteiger charge is 2.27. The molecule has 0 saturated carbocycles. The smallest absolute Gasteiger partial charge is 0.295 e. The number of amides is 1. The number of piperidine rings is 1. The highest BCUT2D eigenvalue weighted by atomic mass is 35.5. The third-order valence-electron chi connectivity index (χ3n) is 5.17. The summed E-state index contributed by atoms with van der Waals surface area (Å²) in [6, 6.07) is 15.4. The van der Waals surface area contributed by atoms with Crippen molar-refractivity contribution >= 4 is 34.2 Å². The first-order valence-corrected chi connectivity index (χ1v) is 9.68. The molecule has 2 aromatic carbocycles. The van der Waals surface area contributed by atoms with E-state index in [4.69, 9.17) is 11.6 Å². The lowest BCUT2D eigenvalue weighted by molar-refractivity contribution is -0.127. The fourth-order valence-electron chi connectivity index (χ4n) is 3.72. The SMILES string of the molecule is O=C(C(=O)N1CCCCC1)c1cn(Cc2ccccc2Cl)c2ccccc12. The lowest BCUT2D eigenvalue weighted by Crippen LogP contribution is -2.40. The number of rotatable bonds is 4. The predicted molar refractivity (Wildman–Crippen MR) is 107 cm³/mol. The molecule has 1 aliphatic heterocycles. The van der Waals surface area contributed by atoms with Crippen molar-refractivity contribution in [1.82, 2.24) is 9.47 Å². The number of halogens is 1. The highest BCUT2D eigenvalue weighted by molar-refractivity contribution is 6.44. The predicted octanol–water partition coefficient (Wildman–Crippen LogP) is 4.54. The molecule has 0 aliphatic carbocycles. The average Bonchev–Trinajstić information content (AvgIpc) is 3.08. The molecule has 1 aromatic heterocycles. The molecule has 1 saturated heterocycles. The van der Waals surface area contributed by atoms with Crippen molar-refractivity contribution in [3.63, 3.8) is 0 Å². The standard InChI is InChI=1S/C22H21ClN2O2/c23-19-10-4-2-8-16(19)14-25-15-18(17-9-3-5-11-20(17)25)21(26)22(27)24-12-6-1-7-13-24/h2-5,8-11,15H,1,6-7,12-14H2. The zero-order valence-electron chi connectivity index (χ0n) is 15.0. The van der Waals surface area contributed by atoms with E-state index >= 15 is 0 Å². The monoisotopic (exact) mass is 380 g/mol. The van der Waals surface area contributed by atoms with Crippen LogP contribution < -0.4 is 0 Å². The van der Waals surface area contributed by atoms with Gasteiger partial charge in [0.2, 0.25) is 0 Å². The largest absolute Gasteiger partial charge is 0.342 e. The Bertz CT molecular complexity index is 1000. The normalized spacial score (nSPS) is 14.5. The number of likely N-dealkylation sites (tertiary alicyclic amines) is 1. The number of hydrogen-bond acceptors (Lipinski definition) is 2. The van der Waals surface area contributed by atoms with Gasteiger partial charge in [-0.25, -0.2) is 0 Å². The van der Waals surface area contributed by atoms with Crippen LogP contribution in [0.3, 0.4) is 0 Å². The molecule has 0 spiro atoms. The Hall–Kier alpha value is -2.59. The molecule has 4 nitrogen and oxygen atoms in total. The van der Waals surface area contributed by atoms with Gasteiger partial charge in [0.1, 0.15) is 0 Å². The minimum atomic E-state index is -0.425. The van der Waals surface area contributed by atoms with Crippen molar-refractivity contribution in [2.24, 2.45) is 0 Å². The van der Waals surface area contributed by atoms with Gasteiger partial charge in [-0.15, -0.1) is 0 Å². The van der Waals surface area contributed by atoms with Crippen LogP contribution in [0.15, 0.2) is 54.7 Å². The first-order valence-electron chi connectivity index (χ1n) is 9.30. The van der Waals surface area contributed by atoms with Gasteiger partial charge < -0.3 is 9.47 Å². The van der Waals surface area contributed by atoms with Crippen LogP contribution in [0.5, 0.6) is 0 Å². The molecule has 138 valence electrons. The summed E-state index contributed by atoms with van der Waals surface area (Å²) in [5.74, 6) is -0.818. The van der Waals surface area contributed by atoms with Gasteiger partial charge in [-0.05, 0) is 37.0 Å². The summed E-state index contributed by atoms with van der Waals surface area (Å²) >= 11 is 6.31. The third-order valence-corrected chi connectivity index (χ3v) is 5.54. The maximum absolute atomic E-state index is 13.0. The van der Waals surface area contributed by atoms with Crippen molar-refractivity contribution in [3.8, 4) is 0 Å². The molecule has 0 N–H and O–H groups in total. The molecule has 0 atom stereocenters. The summed E-state index contributed by atoms with van der Waals surface area (Å²) in [7, 11) is 0. The van der Waals surface area contributed by atoms with Crippen LogP contribution in [0, 0.1) is 0 Å². The van der Waals surface area contributed by atoms with E-state index in [0.717, 1.165) is 35.7 Å². The van der Waals surface area contributed by atoms with Crippen LogP contribution in [0.1, 0.15) is 35.2 Å². The maximum Gasteiger partial charge on any atom is 0.295 e. The number of benzene rings is 2. The van der Waals surface area contributed by atoms with E-state index in [0.29, 0.717) is 30.2 Å². The fourth-order valence-corrected chi connectivity index (χ4v) is 3.92. The second-order valence-electron chi connectivity index (χ2n) is 6.96. The molecule has 0 bridgehead atoms. The van der Waals surface area contributed by atoms with Gasteiger partial charge in [0.05, 0.1) is 5.56 Å². The van der Waals surface area contributed by atoms with E-state index in [1.54, 1.807) is 11.1 Å². The number of fused-ring (bicyclic) bond motifs is 1. The molecule has 5 heteroatoms. The van der Waals surface area contributed by atoms with Gasteiger partial charge in [0.25, 0.3) is 11.7 Å². The van der Waals surface area contributed by atoms with Gasteiger partial charge in [-0.1, -0.05) is 48.0 Å². The van der Waals surface area contributed by atoms with Crippen LogP contribution in [-0.2, 0) is 11.3 Å². The summed E-state index contributed by atoms with van der Waals surface area (Å²) in [5, 5.41) is 1.49. The first-order chi connectivity index (χ1) is 13.1. The topological polar surface area (TPSA) is 42.3 Å². The number of hydrogen-bond donors (Lipinski definition) is 0. The lowest BCUT2D eigenvalue weighted by Gasteiger charge is -2.25. The number of para-hydroxylation sites is 1. The van der Waals surface area contributed by atoms with Crippen LogP contribution >= 0.6 is 11.6 Å². The molecule has 1 fully saturated rings. The first kappa shape index (κ1) is 17.8. The zero-order valence-corrected chi connectivity index (χ0v) is 15.8. The Kier molecular flexibility index (Phi) is 4.99. The summed E-state index contributed by atoms with van der Waals surface area (Å²) in [4.78, 5) is 27.4. The van der Waals surface area contributed by atoms with Crippen LogP contribution in [0.2, 0.25) is 5.02 Å². The number of carbonyl (C=O) groups excluding carboxylic acids is 2. The lowest BCUT2D eigenvalue weighted by atomic mass is 10.1. The molecule has 0 radical (unpaired) electrons. The quantitative estimate of drug-likeness (QED) is 0.492. The van der Waals surface area contributed by atoms with Crippen molar-refractivity contribution in [1.29, 1.82) is 0 Å². The number of nitrogens with zero attached hydrogens (tertiary/aromatic N) is 2. The molecular weight excluding hydrogens is 360 g/mol. The highest BCUT2D eigenvalue weighted by Crippen LogP contribution is 2.25. The summed E-state index contributed by atoms with van der Waals surface area (Å²) < 4.78 is 1.99. The molecule has 27 heavy (non-hydrogen) atoms. The second kappa shape index (κ2) is 7.57. The van der Waals surface area contributed by atoms with Gasteiger partial charge in [0, 0.05) is 41.8 Å². The van der Waals surface area contributed by atoms with E-state index in [1.165, 1.54) is 0 Å². The van der Waals surface area contributed by atoms with Crippen molar-refractivity contribution in [2.45, 2.75) is 25.8 Å². The second-order valence-corrected chi connectivity index (χ2v) is 7.37. The molecular formula is C22H21ClN2O2. The molecule has 1 aliphatic rings. The van der Waals surface area contributed by atoms with E-state index in [1.807, 2.05) is 53.1 Å². The third kappa shape index (κ3) is 3.50. The summed E-state index contributed by atoms with van der Waals surface area (Å²) in [6.45, 7) is 1.89. The Morgan fingerprint density at radius 3 is 2.41 bits per heavy atom. The Morgan fingerprint density at radius 1 is 0.926 bits per heavy atom. The van der Waals surface area contributed by atoms with Gasteiger partial charge >= 0.3 is 0 Å². The number of aromatic nitrogens is 1. The molecule has 3 aromatic rings. The molecule has 2 heterocycles. The maximum atomic E-state index is 13.0. The van der Waals surface area contributed by atoms with Crippen LogP contribution in [0.25, 0.3) is 10.9 Å². The van der Waals surface area contributed by atoms with Gasteiger partial charge in [-0.2, -0.15) is 0 Å². The number of carbonyl (C=O) groups is 2. The summed E-state index contributed by atoms with van der Waals surface area (Å²) in [5.41, 5.74) is 2.36. The van der Waals surface area contributed by atoms with Crippen molar-refractivity contribution in [3.05, 3.63) is 70.9 Å². The average molecular weight is 381 g/mol. The number of Topliss-reactive ketones (excluding diaryl/α,β-unsaturated/α-hetero) is 1. The minimum Gasteiger partial charge on any atom is -0.342 e. The van der Waals surface area contributed by atoms with Crippen molar-refractivity contribution < 1.29 is 9.59 Å². The molecule has 0 unspecified atom stereocenters. The van der Waals surface area contributed by atoms with Gasteiger partial charge in [0.15, 0.2) is 0 Å².